The summed E-state index contributed by atoms with van der Waals surface area (Å²) in [5, 5.41) is 13.8. The minimum Gasteiger partial charge on any atom is -0.442 e. The predicted molar refractivity (Wildman–Crippen MR) is 106 cm³/mol. The van der Waals surface area contributed by atoms with Gasteiger partial charge in [0.1, 0.15) is 17.0 Å². The lowest BCUT2D eigenvalue weighted by molar-refractivity contribution is 0.0523. The van der Waals surface area contributed by atoms with Crippen LogP contribution in [0.15, 0.2) is 60.8 Å². The van der Waals surface area contributed by atoms with Crippen molar-refractivity contribution in [1.82, 2.24) is 24.8 Å². The summed E-state index contributed by atoms with van der Waals surface area (Å²) in [7, 11) is 0. The van der Waals surface area contributed by atoms with Crippen molar-refractivity contribution in [2.24, 2.45) is 0 Å². The Hall–Kier alpha value is -3.48. The molecule has 0 aliphatic rings. The first-order chi connectivity index (χ1) is 13.4. The number of benzene rings is 2. The molecule has 28 heavy (non-hydrogen) atoms. The van der Waals surface area contributed by atoms with Gasteiger partial charge in [0.25, 0.3) is 0 Å². The van der Waals surface area contributed by atoms with Gasteiger partial charge in [0.15, 0.2) is 0 Å². The molecule has 0 aliphatic heterocycles. The molecule has 2 aromatic heterocycles. The van der Waals surface area contributed by atoms with Gasteiger partial charge >= 0.3 is 6.09 Å². The molecule has 0 unspecified atom stereocenters. The van der Waals surface area contributed by atoms with E-state index in [-0.39, 0.29) is 0 Å². The van der Waals surface area contributed by atoms with Crippen molar-refractivity contribution in [3.05, 3.63) is 66.4 Å². The van der Waals surface area contributed by atoms with Gasteiger partial charge in [-0.1, -0.05) is 53.7 Å². The molecule has 4 rings (SSSR count). The minimum absolute atomic E-state index is 0.522. The van der Waals surface area contributed by atoms with Gasteiger partial charge in [0, 0.05) is 5.39 Å². The number of fused-ring (bicyclic) bond motifs is 1. The lowest BCUT2D eigenvalue weighted by Gasteiger charge is -2.19. The second-order valence-electron chi connectivity index (χ2n) is 7.54. The van der Waals surface area contributed by atoms with E-state index in [1.165, 1.54) is 4.68 Å². The van der Waals surface area contributed by atoms with Crippen molar-refractivity contribution in [2.45, 2.75) is 32.9 Å². The number of hydrogen-bond donors (Lipinski definition) is 0. The number of para-hydroxylation sites is 1. The summed E-state index contributed by atoms with van der Waals surface area (Å²) in [6.07, 6.45) is 1.31. The van der Waals surface area contributed by atoms with Gasteiger partial charge in [-0.05, 0) is 32.4 Å². The highest BCUT2D eigenvalue weighted by atomic mass is 16.6. The fourth-order valence-electron chi connectivity index (χ4n) is 2.95. The number of hydrogen-bond acceptors (Lipinski definition) is 5. The second-order valence-corrected chi connectivity index (χ2v) is 7.54. The number of aromatic nitrogens is 5. The molecule has 0 saturated heterocycles. The lowest BCUT2D eigenvalue weighted by atomic mass is 10.2. The third-order valence-electron chi connectivity index (χ3n) is 4.12. The molecule has 0 radical (unpaired) electrons. The minimum atomic E-state index is -0.608. The average molecular weight is 375 g/mol. The fourth-order valence-corrected chi connectivity index (χ4v) is 2.95. The summed E-state index contributed by atoms with van der Waals surface area (Å²) in [4.78, 5) is 12.6. The molecule has 0 fully saturated rings. The van der Waals surface area contributed by atoms with E-state index in [1.807, 2.05) is 81.6 Å². The number of carbonyl (C=O) groups is 1. The van der Waals surface area contributed by atoms with Crippen LogP contribution in [-0.4, -0.2) is 36.5 Å². The largest absolute Gasteiger partial charge is 0.442 e. The zero-order valence-corrected chi connectivity index (χ0v) is 16.0. The molecule has 0 aliphatic carbocycles. The van der Waals surface area contributed by atoms with Crippen molar-refractivity contribution < 1.29 is 9.53 Å². The zero-order valence-electron chi connectivity index (χ0n) is 16.0. The lowest BCUT2D eigenvalue weighted by Crippen LogP contribution is -2.27. The first kappa shape index (κ1) is 17.9. The van der Waals surface area contributed by atoms with E-state index in [2.05, 4.69) is 15.4 Å². The first-order valence-electron chi connectivity index (χ1n) is 9.06. The molecule has 2 aromatic carbocycles. The van der Waals surface area contributed by atoms with Crippen molar-refractivity contribution in [3.63, 3.8) is 0 Å². The van der Waals surface area contributed by atoms with Gasteiger partial charge in [-0.2, -0.15) is 9.78 Å². The molecule has 142 valence electrons. The van der Waals surface area contributed by atoms with Gasteiger partial charge in [-0.15, -0.1) is 5.10 Å². The SMILES string of the molecule is CC(C)(C)OC(=O)n1nc(-c2cn(Cc3ccccc3)nn2)c2ccccc21. The Kier molecular flexibility index (Phi) is 4.43. The van der Waals surface area contributed by atoms with Gasteiger partial charge in [-0.25, -0.2) is 9.48 Å². The van der Waals surface area contributed by atoms with Crippen molar-refractivity contribution in [1.29, 1.82) is 0 Å². The van der Waals surface area contributed by atoms with Gasteiger partial charge < -0.3 is 4.74 Å². The predicted octanol–water partition coefficient (Wildman–Crippen LogP) is 4.13. The Balaban J connectivity index is 1.71. The highest BCUT2D eigenvalue weighted by Gasteiger charge is 2.23. The standard InChI is InChI=1S/C21H21N5O2/c1-21(2,3)28-20(27)26-18-12-8-7-11-16(18)19(23-26)17-14-25(24-22-17)13-15-9-5-4-6-10-15/h4-12,14H,13H2,1-3H3. The Morgan fingerprint density at radius 3 is 2.50 bits per heavy atom. The second kappa shape index (κ2) is 6.92. The van der Waals surface area contributed by atoms with E-state index in [0.29, 0.717) is 23.4 Å². The summed E-state index contributed by atoms with van der Waals surface area (Å²) < 4.78 is 8.53. The van der Waals surface area contributed by atoms with Crippen LogP contribution < -0.4 is 0 Å². The molecular weight excluding hydrogens is 354 g/mol. The molecule has 0 saturated carbocycles. The van der Waals surface area contributed by atoms with Crippen LogP contribution in [0.4, 0.5) is 4.79 Å². The maximum Gasteiger partial charge on any atom is 0.435 e. The van der Waals surface area contributed by atoms with Crippen LogP contribution in [-0.2, 0) is 11.3 Å². The number of ether oxygens (including phenoxy) is 1. The summed E-state index contributed by atoms with van der Waals surface area (Å²) >= 11 is 0. The summed E-state index contributed by atoms with van der Waals surface area (Å²) in [5.74, 6) is 0. The molecule has 0 spiro atoms. The van der Waals surface area contributed by atoms with E-state index in [0.717, 1.165) is 10.9 Å². The number of rotatable bonds is 3. The van der Waals surface area contributed by atoms with Crippen molar-refractivity contribution in [2.75, 3.05) is 0 Å². The first-order valence-corrected chi connectivity index (χ1v) is 9.06. The molecule has 0 amide bonds. The Morgan fingerprint density at radius 2 is 1.75 bits per heavy atom. The molecule has 0 bridgehead atoms. The maximum atomic E-state index is 12.6. The van der Waals surface area contributed by atoms with Crippen LogP contribution in [0.3, 0.4) is 0 Å². The van der Waals surface area contributed by atoms with Crippen LogP contribution in [0.1, 0.15) is 26.3 Å². The molecule has 0 atom stereocenters. The van der Waals surface area contributed by atoms with Gasteiger partial charge in [0.05, 0.1) is 18.3 Å². The van der Waals surface area contributed by atoms with E-state index in [9.17, 15) is 4.79 Å². The molecule has 0 N–H and O–H groups in total. The highest BCUT2D eigenvalue weighted by Crippen LogP contribution is 2.27. The number of carbonyl (C=O) groups excluding carboxylic acids is 1. The molecule has 4 aromatic rings. The molecule has 7 heteroatoms. The molecular formula is C21H21N5O2. The van der Waals surface area contributed by atoms with Crippen LogP contribution in [0.25, 0.3) is 22.3 Å². The summed E-state index contributed by atoms with van der Waals surface area (Å²) in [6.45, 7) is 6.09. The molecule has 2 heterocycles. The average Bonchev–Trinajstić information content (AvgIpc) is 3.25. The third kappa shape index (κ3) is 3.64. The maximum absolute atomic E-state index is 12.6. The van der Waals surface area contributed by atoms with E-state index in [4.69, 9.17) is 4.74 Å². The van der Waals surface area contributed by atoms with Gasteiger partial charge in [-0.3, -0.25) is 0 Å². The normalized spacial score (nSPS) is 11.7. The Bertz CT molecular complexity index is 1120. The zero-order chi connectivity index (χ0) is 19.7. The Morgan fingerprint density at radius 1 is 1.04 bits per heavy atom. The number of nitrogens with zero attached hydrogens (tertiary/aromatic N) is 5. The van der Waals surface area contributed by atoms with E-state index >= 15 is 0 Å². The molecule has 7 nitrogen and oxygen atoms in total. The topological polar surface area (TPSA) is 74.8 Å². The van der Waals surface area contributed by atoms with Crippen molar-refractivity contribution in [3.8, 4) is 11.4 Å². The van der Waals surface area contributed by atoms with Crippen LogP contribution in [0.5, 0.6) is 0 Å². The van der Waals surface area contributed by atoms with Crippen LogP contribution in [0, 0.1) is 0 Å². The van der Waals surface area contributed by atoms with Crippen LogP contribution in [0.2, 0.25) is 0 Å². The highest BCUT2D eigenvalue weighted by molar-refractivity contribution is 5.96. The Labute approximate surface area is 162 Å². The smallest absolute Gasteiger partial charge is 0.435 e. The monoisotopic (exact) mass is 375 g/mol. The quantitative estimate of drug-likeness (QED) is 0.538. The fraction of sp³-hybridized carbons (Fsp3) is 0.238. The third-order valence-corrected chi connectivity index (χ3v) is 4.12. The van der Waals surface area contributed by atoms with Crippen molar-refractivity contribution >= 4 is 17.0 Å². The van der Waals surface area contributed by atoms with Gasteiger partial charge in [0.2, 0.25) is 0 Å². The van der Waals surface area contributed by atoms with Crippen LogP contribution >= 0.6 is 0 Å². The van der Waals surface area contributed by atoms with E-state index < -0.39 is 11.7 Å². The van der Waals surface area contributed by atoms with E-state index in [1.54, 1.807) is 4.68 Å². The summed E-state index contributed by atoms with van der Waals surface area (Å²) in [5.41, 5.74) is 2.39. The summed E-state index contributed by atoms with van der Waals surface area (Å²) in [6, 6.07) is 17.5.